The van der Waals surface area contributed by atoms with E-state index in [1.54, 1.807) is 24.3 Å². The highest BCUT2D eigenvalue weighted by molar-refractivity contribution is 7.90. The van der Waals surface area contributed by atoms with E-state index in [-0.39, 0.29) is 10.6 Å². The fourth-order valence-corrected chi connectivity index (χ4v) is 2.25. The first kappa shape index (κ1) is 14.2. The average molecular weight is 290 g/mol. The number of rotatable bonds is 3. The van der Waals surface area contributed by atoms with E-state index in [0.29, 0.717) is 11.4 Å². The number of benzene rings is 2. The molecule has 0 saturated heterocycles. The van der Waals surface area contributed by atoms with Gasteiger partial charge in [-0.1, -0.05) is 0 Å². The molecule has 1 N–H and O–H groups in total. The summed E-state index contributed by atoms with van der Waals surface area (Å²) in [6.07, 6.45) is 1.16. The third-order valence-corrected chi connectivity index (χ3v) is 3.85. The fraction of sp³-hybridized carbons (Fsp3) is 0.143. The summed E-state index contributed by atoms with van der Waals surface area (Å²) in [7, 11) is -3.20. The second-order valence-corrected chi connectivity index (χ2v) is 6.45. The number of aromatic hydroxyl groups is 1. The van der Waals surface area contributed by atoms with Crippen LogP contribution in [0.25, 0.3) is 0 Å². The van der Waals surface area contributed by atoms with Gasteiger partial charge in [-0.15, -0.1) is 0 Å². The van der Waals surface area contributed by atoms with E-state index in [2.05, 4.69) is 10.2 Å². The zero-order chi connectivity index (χ0) is 14.8. The molecule has 0 saturated carbocycles. The molecule has 0 amide bonds. The molecule has 0 fully saturated rings. The van der Waals surface area contributed by atoms with E-state index < -0.39 is 9.84 Å². The van der Waals surface area contributed by atoms with Gasteiger partial charge in [0.05, 0.1) is 16.3 Å². The van der Waals surface area contributed by atoms with Crippen LogP contribution in [-0.2, 0) is 9.84 Å². The smallest absolute Gasteiger partial charge is 0.175 e. The number of hydrogen-bond acceptors (Lipinski definition) is 5. The lowest BCUT2D eigenvalue weighted by Gasteiger charge is -2.00. The molecule has 0 aliphatic heterocycles. The third-order valence-electron chi connectivity index (χ3n) is 2.72. The molecule has 2 aromatic rings. The average Bonchev–Trinajstić information content (AvgIpc) is 2.37. The number of aryl methyl sites for hydroxylation is 1. The second kappa shape index (κ2) is 5.42. The Kier molecular flexibility index (Phi) is 3.85. The van der Waals surface area contributed by atoms with Crippen molar-refractivity contribution in [3.63, 3.8) is 0 Å². The molecule has 0 radical (unpaired) electrons. The van der Waals surface area contributed by atoms with Gasteiger partial charge in [0.25, 0.3) is 0 Å². The van der Waals surface area contributed by atoms with E-state index in [9.17, 15) is 13.5 Å². The molecule has 6 heteroatoms. The van der Waals surface area contributed by atoms with E-state index in [1.165, 1.54) is 18.2 Å². The molecule has 0 aliphatic carbocycles. The molecule has 0 spiro atoms. The van der Waals surface area contributed by atoms with Gasteiger partial charge >= 0.3 is 0 Å². The molecule has 104 valence electrons. The highest BCUT2D eigenvalue weighted by Gasteiger charge is 2.05. The Morgan fingerprint density at radius 3 is 2.20 bits per heavy atom. The number of azo groups is 1. The van der Waals surface area contributed by atoms with Crippen molar-refractivity contribution >= 4 is 21.2 Å². The summed E-state index contributed by atoms with van der Waals surface area (Å²) in [5.41, 5.74) is 2.02. The lowest BCUT2D eigenvalue weighted by molar-refractivity contribution is 0.475. The molecule has 2 aromatic carbocycles. The van der Waals surface area contributed by atoms with Crippen molar-refractivity contribution in [1.82, 2.24) is 0 Å². The molecule has 20 heavy (non-hydrogen) atoms. The Morgan fingerprint density at radius 2 is 1.65 bits per heavy atom. The molecule has 0 aliphatic rings. The minimum absolute atomic E-state index is 0.180. The predicted molar refractivity (Wildman–Crippen MR) is 76.6 cm³/mol. The molecule has 0 heterocycles. The Balaban J connectivity index is 2.24. The van der Waals surface area contributed by atoms with Crippen molar-refractivity contribution in [2.45, 2.75) is 11.8 Å². The van der Waals surface area contributed by atoms with Crippen LogP contribution in [0, 0.1) is 6.92 Å². The summed E-state index contributed by atoms with van der Waals surface area (Å²) in [5, 5.41) is 17.4. The molecule has 0 atom stereocenters. The van der Waals surface area contributed by atoms with Crippen LogP contribution in [0.1, 0.15) is 5.56 Å². The maximum Gasteiger partial charge on any atom is 0.175 e. The van der Waals surface area contributed by atoms with Gasteiger partial charge in [0.1, 0.15) is 5.75 Å². The van der Waals surface area contributed by atoms with Crippen LogP contribution in [0.2, 0.25) is 0 Å². The normalized spacial score (nSPS) is 11.9. The van der Waals surface area contributed by atoms with Crippen LogP contribution in [0.3, 0.4) is 0 Å². The summed E-state index contributed by atoms with van der Waals surface area (Å²) in [4.78, 5) is 0.247. The minimum atomic E-state index is -3.20. The van der Waals surface area contributed by atoms with Crippen molar-refractivity contribution in [2.24, 2.45) is 10.2 Å². The van der Waals surface area contributed by atoms with Gasteiger partial charge in [0, 0.05) is 6.26 Å². The Hall–Kier alpha value is -2.21. The number of hydrogen-bond donors (Lipinski definition) is 1. The van der Waals surface area contributed by atoms with Crippen LogP contribution in [-0.4, -0.2) is 19.8 Å². The first-order chi connectivity index (χ1) is 9.36. The molecule has 0 aromatic heterocycles. The standard InChI is InChI=1S/C14H14N2O3S/c1-10-9-12(17)5-8-14(10)16-15-11-3-6-13(7-4-11)20(2,18)19/h3-9,17H,1-2H3/b16-15+. The summed E-state index contributed by atoms with van der Waals surface area (Å²) < 4.78 is 22.6. The van der Waals surface area contributed by atoms with E-state index in [0.717, 1.165) is 11.8 Å². The lowest BCUT2D eigenvalue weighted by Crippen LogP contribution is -1.95. The third kappa shape index (κ3) is 3.42. The summed E-state index contributed by atoms with van der Waals surface area (Å²) in [5.74, 6) is 0.180. The summed E-state index contributed by atoms with van der Waals surface area (Å²) >= 11 is 0. The highest BCUT2D eigenvalue weighted by Crippen LogP contribution is 2.25. The maximum absolute atomic E-state index is 11.3. The largest absolute Gasteiger partial charge is 0.508 e. The Morgan fingerprint density at radius 1 is 1.00 bits per heavy atom. The Bertz CT molecular complexity index is 750. The lowest BCUT2D eigenvalue weighted by atomic mass is 10.2. The number of nitrogens with zero attached hydrogens (tertiary/aromatic N) is 2. The van der Waals surface area contributed by atoms with Crippen molar-refractivity contribution in [1.29, 1.82) is 0 Å². The summed E-state index contributed by atoms with van der Waals surface area (Å²) in [6, 6.07) is 11.0. The zero-order valence-corrected chi connectivity index (χ0v) is 11.9. The molecule has 0 unspecified atom stereocenters. The molecular formula is C14H14N2O3S. The molecular weight excluding hydrogens is 276 g/mol. The molecule has 2 rings (SSSR count). The number of phenols is 1. The van der Waals surface area contributed by atoms with Crippen molar-refractivity contribution in [3.05, 3.63) is 48.0 Å². The van der Waals surface area contributed by atoms with Crippen LogP contribution in [0.4, 0.5) is 11.4 Å². The monoisotopic (exact) mass is 290 g/mol. The maximum atomic E-state index is 11.3. The number of sulfone groups is 1. The van der Waals surface area contributed by atoms with Gasteiger partial charge in [-0.2, -0.15) is 10.2 Å². The van der Waals surface area contributed by atoms with E-state index >= 15 is 0 Å². The van der Waals surface area contributed by atoms with Crippen molar-refractivity contribution < 1.29 is 13.5 Å². The van der Waals surface area contributed by atoms with E-state index in [1.807, 2.05) is 6.92 Å². The van der Waals surface area contributed by atoms with Crippen LogP contribution < -0.4 is 0 Å². The topological polar surface area (TPSA) is 79.1 Å². The van der Waals surface area contributed by atoms with Gasteiger partial charge in [-0.05, 0) is 55.0 Å². The SMILES string of the molecule is Cc1cc(O)ccc1/N=N/c1ccc(S(C)(=O)=O)cc1. The van der Waals surface area contributed by atoms with Gasteiger partial charge in [-0.3, -0.25) is 0 Å². The van der Waals surface area contributed by atoms with Gasteiger partial charge in [0.2, 0.25) is 0 Å². The predicted octanol–water partition coefficient (Wildman–Crippen LogP) is 3.52. The van der Waals surface area contributed by atoms with Crippen molar-refractivity contribution in [2.75, 3.05) is 6.26 Å². The highest BCUT2D eigenvalue weighted by atomic mass is 32.2. The zero-order valence-electron chi connectivity index (χ0n) is 11.1. The van der Waals surface area contributed by atoms with Crippen LogP contribution in [0.5, 0.6) is 5.75 Å². The van der Waals surface area contributed by atoms with Gasteiger partial charge < -0.3 is 5.11 Å². The number of phenolic OH excluding ortho intramolecular Hbond substituents is 1. The first-order valence-electron chi connectivity index (χ1n) is 5.88. The van der Waals surface area contributed by atoms with Gasteiger partial charge in [-0.25, -0.2) is 8.42 Å². The minimum Gasteiger partial charge on any atom is -0.508 e. The summed E-state index contributed by atoms with van der Waals surface area (Å²) in [6.45, 7) is 1.82. The fourth-order valence-electron chi connectivity index (χ4n) is 1.62. The second-order valence-electron chi connectivity index (χ2n) is 4.44. The van der Waals surface area contributed by atoms with Crippen LogP contribution >= 0.6 is 0 Å². The molecule has 0 bridgehead atoms. The Labute approximate surface area is 117 Å². The van der Waals surface area contributed by atoms with Crippen LogP contribution in [0.15, 0.2) is 57.6 Å². The quantitative estimate of drug-likeness (QED) is 0.878. The van der Waals surface area contributed by atoms with E-state index in [4.69, 9.17) is 0 Å². The first-order valence-corrected chi connectivity index (χ1v) is 7.77. The van der Waals surface area contributed by atoms with Crippen molar-refractivity contribution in [3.8, 4) is 5.75 Å². The molecule has 5 nitrogen and oxygen atoms in total. The van der Waals surface area contributed by atoms with Gasteiger partial charge in [0.15, 0.2) is 9.84 Å².